The average Bonchev–Trinajstić information content (AvgIpc) is 3.74. The Morgan fingerprint density at radius 1 is 0.636 bits per heavy atom. The Hall–Kier alpha value is -8.97. The lowest BCUT2D eigenvalue weighted by Gasteiger charge is -2.13. The number of carbonyl (C=O) groups is 7. The summed E-state index contributed by atoms with van der Waals surface area (Å²) in [6.45, 7) is 6.39. The van der Waals surface area contributed by atoms with Gasteiger partial charge < -0.3 is 37.9 Å². The first-order valence-electron chi connectivity index (χ1n) is 19.1. The molecule has 0 saturated carbocycles. The molecule has 0 bridgehead atoms. The molecule has 0 saturated heterocycles. The predicted molar refractivity (Wildman–Crippen MR) is 239 cm³/mol. The molecule has 18 nitrogen and oxygen atoms in total. The number of ether oxygens (including phenoxy) is 8. The molecule has 66 heavy (non-hydrogen) atoms. The molecular weight excluding hydrogens is 879 g/mol. The quantitative estimate of drug-likeness (QED) is 0.0147. The fourth-order valence-corrected chi connectivity index (χ4v) is 5.82. The number of rotatable bonds is 21. The van der Waals surface area contributed by atoms with Crippen molar-refractivity contribution in [3.63, 3.8) is 0 Å². The van der Waals surface area contributed by atoms with Crippen molar-refractivity contribution < 1.29 is 71.5 Å². The Balaban J connectivity index is 1.33. The standard InChI is InChI=1S/C47H37N3O15S/c1-4-9-42(53)61-29-63-43(54)22-14-30-12-15-32(16-13-30)45(56)64-35-20-21-37(34(24-35)26-48-50-47-49-36-10-7-8-11-39(36)66-47)65-46(57)33-18-17-31(38(25-33)58-27-59-40(51)5-2)19-23-44(55)62-28-60-41(52)6-3/h4-26H,2-3,27-29H2,1H3,(H,49,50)/b9-4+,22-14+,23-19+,48-26+. The van der Waals surface area contributed by atoms with Crippen molar-refractivity contribution in [1.82, 2.24) is 4.98 Å². The third kappa shape index (κ3) is 15.1. The van der Waals surface area contributed by atoms with E-state index < -0.39 is 62.2 Å². The number of esters is 7. The molecule has 0 aliphatic rings. The minimum atomic E-state index is -0.883. The van der Waals surface area contributed by atoms with Crippen LogP contribution in [0.1, 0.15) is 44.3 Å². The van der Waals surface area contributed by atoms with Crippen LogP contribution in [0.3, 0.4) is 0 Å². The normalized spacial score (nSPS) is 11.0. The lowest BCUT2D eigenvalue weighted by atomic mass is 10.1. The summed E-state index contributed by atoms with van der Waals surface area (Å²) in [5, 5.41) is 4.75. The van der Waals surface area contributed by atoms with Gasteiger partial charge >= 0.3 is 41.8 Å². The summed E-state index contributed by atoms with van der Waals surface area (Å²) in [5.41, 5.74) is 4.72. The molecule has 5 aromatic rings. The van der Waals surface area contributed by atoms with Gasteiger partial charge in [-0.05, 0) is 79.2 Å². The number of benzene rings is 4. The van der Waals surface area contributed by atoms with Gasteiger partial charge in [0.25, 0.3) is 0 Å². The number of hydrogen-bond donors (Lipinski definition) is 1. The van der Waals surface area contributed by atoms with Crippen LogP contribution in [0.5, 0.6) is 17.2 Å². The molecule has 336 valence electrons. The minimum absolute atomic E-state index is 0.00784. The highest BCUT2D eigenvalue weighted by Gasteiger charge is 2.17. The number of carbonyl (C=O) groups excluding carboxylic acids is 7. The molecule has 0 radical (unpaired) electrons. The van der Waals surface area contributed by atoms with E-state index in [0.29, 0.717) is 10.7 Å². The molecule has 0 fully saturated rings. The van der Waals surface area contributed by atoms with Gasteiger partial charge in [0.05, 0.1) is 27.6 Å². The van der Waals surface area contributed by atoms with E-state index in [2.05, 4.69) is 33.4 Å². The summed E-state index contributed by atoms with van der Waals surface area (Å²) >= 11 is 1.35. The Labute approximate surface area is 379 Å². The van der Waals surface area contributed by atoms with Gasteiger partial charge in [0, 0.05) is 41.5 Å². The second-order valence-electron chi connectivity index (χ2n) is 12.6. The molecule has 0 aliphatic heterocycles. The Bertz CT molecular complexity index is 2720. The highest BCUT2D eigenvalue weighted by molar-refractivity contribution is 7.22. The maximum absolute atomic E-state index is 13.6. The summed E-state index contributed by atoms with van der Waals surface area (Å²) in [6.07, 6.45) is 10.7. The van der Waals surface area contributed by atoms with Gasteiger partial charge in [-0.2, -0.15) is 5.10 Å². The third-order valence-corrected chi connectivity index (χ3v) is 9.06. The zero-order chi connectivity index (χ0) is 47.3. The Kier molecular flexibility index (Phi) is 17.9. The molecule has 19 heteroatoms. The minimum Gasteiger partial charge on any atom is -0.457 e. The van der Waals surface area contributed by atoms with Crippen molar-refractivity contribution in [3.8, 4) is 17.2 Å². The average molecular weight is 916 g/mol. The van der Waals surface area contributed by atoms with Crippen molar-refractivity contribution in [2.75, 3.05) is 25.8 Å². The van der Waals surface area contributed by atoms with Crippen LogP contribution in [-0.4, -0.2) is 73.4 Å². The third-order valence-electron chi connectivity index (χ3n) is 8.12. The Morgan fingerprint density at radius 3 is 1.94 bits per heavy atom. The first-order chi connectivity index (χ1) is 31.9. The first kappa shape index (κ1) is 48.1. The second kappa shape index (κ2) is 24.6. The molecule has 0 spiro atoms. The van der Waals surface area contributed by atoms with E-state index >= 15 is 0 Å². The van der Waals surface area contributed by atoms with E-state index in [1.807, 2.05) is 24.3 Å². The van der Waals surface area contributed by atoms with E-state index in [9.17, 15) is 33.6 Å². The maximum Gasteiger partial charge on any atom is 0.343 e. The van der Waals surface area contributed by atoms with E-state index in [0.717, 1.165) is 34.5 Å². The second-order valence-corrected chi connectivity index (χ2v) is 13.6. The number of hydrogen-bond acceptors (Lipinski definition) is 19. The molecule has 0 unspecified atom stereocenters. The summed E-state index contributed by atoms with van der Waals surface area (Å²) in [7, 11) is 0. The smallest absolute Gasteiger partial charge is 0.343 e. The van der Waals surface area contributed by atoms with Gasteiger partial charge in [-0.15, -0.1) is 0 Å². The van der Waals surface area contributed by atoms with E-state index in [-0.39, 0.29) is 39.5 Å². The summed E-state index contributed by atoms with van der Waals surface area (Å²) in [5.74, 6) is -5.46. The molecule has 1 N–H and O–H groups in total. The number of nitrogens with zero attached hydrogens (tertiary/aromatic N) is 2. The molecule has 0 atom stereocenters. The van der Waals surface area contributed by atoms with E-state index in [4.69, 9.17) is 33.2 Å². The fraction of sp³-hybridized carbons (Fsp3) is 0.0851. The number of aromatic nitrogens is 1. The van der Waals surface area contributed by atoms with Crippen LogP contribution in [0, 0.1) is 0 Å². The first-order valence-corrected chi connectivity index (χ1v) is 19.9. The number of thiazole rings is 1. The van der Waals surface area contributed by atoms with Crippen molar-refractivity contribution in [3.05, 3.63) is 162 Å². The molecule has 0 aliphatic carbocycles. The number of nitrogens with one attached hydrogen (secondary N) is 1. The number of fused-ring (bicyclic) bond motifs is 1. The van der Waals surface area contributed by atoms with Gasteiger partial charge in [-0.1, -0.05) is 60.9 Å². The monoisotopic (exact) mass is 915 g/mol. The van der Waals surface area contributed by atoms with Crippen LogP contribution < -0.4 is 19.6 Å². The highest BCUT2D eigenvalue weighted by atomic mass is 32.1. The highest BCUT2D eigenvalue weighted by Crippen LogP contribution is 2.29. The fourth-order valence-electron chi connectivity index (χ4n) is 5.00. The lowest BCUT2D eigenvalue weighted by molar-refractivity contribution is -0.162. The largest absolute Gasteiger partial charge is 0.457 e. The van der Waals surface area contributed by atoms with Crippen molar-refractivity contribution in [2.24, 2.45) is 5.10 Å². The number of anilines is 1. The summed E-state index contributed by atoms with van der Waals surface area (Å²) < 4.78 is 41.8. The van der Waals surface area contributed by atoms with Crippen LogP contribution in [0.2, 0.25) is 0 Å². The van der Waals surface area contributed by atoms with Crippen LogP contribution in [0.25, 0.3) is 22.4 Å². The van der Waals surface area contributed by atoms with E-state index in [1.165, 1.54) is 90.4 Å². The molecule has 5 rings (SSSR count). The van der Waals surface area contributed by atoms with Crippen molar-refractivity contribution >= 4 is 86.8 Å². The molecule has 1 heterocycles. The predicted octanol–water partition coefficient (Wildman–Crippen LogP) is 7.12. The van der Waals surface area contributed by atoms with Gasteiger partial charge in [0.2, 0.25) is 25.5 Å². The SMILES string of the molecule is C=CC(=O)OCOC(=O)/C=C/c1ccc(C(=O)Oc2ccc(OC(=O)c3ccc(/C=C/C(=O)OCOC(=O)/C=C/C)cc3)cc2/C=N/Nc2nc3ccccc3s2)cc1OCOC(=O)C=C. The molecule has 1 aromatic heterocycles. The zero-order valence-corrected chi connectivity index (χ0v) is 35.6. The van der Waals surface area contributed by atoms with Gasteiger partial charge in [-0.3, -0.25) is 5.43 Å². The molecule has 0 amide bonds. The summed E-state index contributed by atoms with van der Waals surface area (Å²) in [4.78, 5) is 89.8. The van der Waals surface area contributed by atoms with Gasteiger partial charge in [0.15, 0.2) is 0 Å². The number of hydrazone groups is 1. The van der Waals surface area contributed by atoms with Crippen LogP contribution >= 0.6 is 11.3 Å². The lowest BCUT2D eigenvalue weighted by Crippen LogP contribution is -2.13. The maximum atomic E-state index is 13.6. The van der Waals surface area contributed by atoms with Crippen LogP contribution in [0.15, 0.2) is 140 Å². The van der Waals surface area contributed by atoms with Gasteiger partial charge in [-0.25, -0.2) is 38.5 Å². The Morgan fingerprint density at radius 2 is 1.26 bits per heavy atom. The zero-order valence-electron chi connectivity index (χ0n) is 34.7. The van der Waals surface area contributed by atoms with E-state index in [1.54, 1.807) is 19.1 Å². The number of allylic oxidation sites excluding steroid dienone is 1. The van der Waals surface area contributed by atoms with Crippen LogP contribution in [0.4, 0.5) is 5.13 Å². The van der Waals surface area contributed by atoms with Crippen LogP contribution in [-0.2, 0) is 47.7 Å². The van der Waals surface area contributed by atoms with Gasteiger partial charge in [0.1, 0.15) is 17.2 Å². The molecular formula is C47H37N3O15S. The summed E-state index contributed by atoms with van der Waals surface area (Å²) in [6, 6.07) is 21.8. The topological polar surface area (TPSA) is 231 Å². The molecule has 4 aromatic carbocycles. The van der Waals surface area contributed by atoms with Crippen molar-refractivity contribution in [2.45, 2.75) is 6.92 Å². The van der Waals surface area contributed by atoms with Crippen molar-refractivity contribution in [1.29, 1.82) is 0 Å². The number of para-hydroxylation sites is 1.